The van der Waals surface area contributed by atoms with Crippen LogP contribution in [-0.2, 0) is 13.5 Å². The summed E-state index contributed by atoms with van der Waals surface area (Å²) in [6, 6.07) is 5.63. The van der Waals surface area contributed by atoms with E-state index in [2.05, 4.69) is 35.7 Å². The molecular formula is C29H39N7O3. The van der Waals surface area contributed by atoms with Gasteiger partial charge in [0.1, 0.15) is 22.8 Å². The van der Waals surface area contributed by atoms with E-state index < -0.39 is 6.10 Å². The van der Waals surface area contributed by atoms with Gasteiger partial charge in [-0.3, -0.25) is 9.79 Å². The number of rotatable bonds is 9. The molecule has 0 radical (unpaired) electrons. The summed E-state index contributed by atoms with van der Waals surface area (Å²) < 4.78 is 6.88. The van der Waals surface area contributed by atoms with E-state index in [0.717, 1.165) is 12.0 Å². The van der Waals surface area contributed by atoms with E-state index in [4.69, 9.17) is 21.2 Å². The average Bonchev–Trinajstić information content (AvgIpc) is 2.88. The van der Waals surface area contributed by atoms with Crippen molar-refractivity contribution in [3.05, 3.63) is 58.4 Å². The van der Waals surface area contributed by atoms with Crippen molar-refractivity contribution in [1.29, 1.82) is 0 Å². The molecule has 3 rings (SSSR count). The van der Waals surface area contributed by atoms with Gasteiger partial charge in [0.05, 0.1) is 31.6 Å². The maximum Gasteiger partial charge on any atom is 0.276 e. The van der Waals surface area contributed by atoms with E-state index in [9.17, 15) is 9.90 Å². The first kappa shape index (κ1) is 29.5. The number of nitrogens with two attached hydrogens (primary N) is 2. The number of benzene rings is 1. The van der Waals surface area contributed by atoms with E-state index in [1.54, 1.807) is 33.3 Å². The molecule has 0 bridgehead atoms. The number of nitrogens with zero attached hydrogens (tertiary/aromatic N) is 5. The number of aromatic nitrogens is 4. The lowest BCUT2D eigenvalue weighted by molar-refractivity contribution is 0.129. The zero-order chi connectivity index (χ0) is 28.9. The van der Waals surface area contributed by atoms with Gasteiger partial charge in [0.15, 0.2) is 5.82 Å². The Balaban J connectivity index is 2.05. The summed E-state index contributed by atoms with van der Waals surface area (Å²) in [7, 11) is 3.23. The molecule has 0 aliphatic rings. The molecule has 0 aliphatic carbocycles. The van der Waals surface area contributed by atoms with Crippen molar-refractivity contribution in [3.63, 3.8) is 0 Å². The van der Waals surface area contributed by atoms with E-state index in [1.807, 2.05) is 19.1 Å². The van der Waals surface area contributed by atoms with Crippen molar-refractivity contribution < 1.29 is 9.84 Å². The van der Waals surface area contributed by atoms with Crippen LogP contribution in [0.3, 0.4) is 0 Å². The van der Waals surface area contributed by atoms with Crippen LogP contribution < -0.4 is 21.8 Å². The van der Waals surface area contributed by atoms with Crippen LogP contribution in [0.25, 0.3) is 28.2 Å². The standard InChI is InChI=1S/C29H39N7O3/c1-8-18-9-19(11-21(10-18)39-7)25-28(38)36(6)16-24(35-25)26-27(31)33-15-23(34-26)22(13-30)17(2)32-14-20(37)12-29(3,4)5/h9-11,13,15-16,20,37H,8,12,14,30H2,1-7H3,(H2,31,33)/t20-/m1/s1. The summed E-state index contributed by atoms with van der Waals surface area (Å²) in [6.45, 7) is 10.3. The van der Waals surface area contributed by atoms with Gasteiger partial charge in [0.25, 0.3) is 5.56 Å². The Morgan fingerprint density at radius 2 is 1.95 bits per heavy atom. The predicted octanol–water partition coefficient (Wildman–Crippen LogP) is 3.62. The third-order valence-corrected chi connectivity index (χ3v) is 6.22. The summed E-state index contributed by atoms with van der Waals surface area (Å²) in [6.07, 6.45) is 5.30. The van der Waals surface area contributed by atoms with Crippen LogP contribution in [0, 0.1) is 5.41 Å². The van der Waals surface area contributed by atoms with Crippen LogP contribution >= 0.6 is 0 Å². The second-order valence-corrected chi connectivity index (χ2v) is 10.7. The van der Waals surface area contributed by atoms with Gasteiger partial charge in [0.2, 0.25) is 0 Å². The number of aliphatic imine (C=N–C) groups is 1. The molecule has 208 valence electrons. The van der Waals surface area contributed by atoms with Crippen LogP contribution in [0.2, 0.25) is 0 Å². The maximum atomic E-state index is 13.1. The Hall–Kier alpha value is -4.05. The largest absolute Gasteiger partial charge is 0.497 e. The molecule has 0 saturated heterocycles. The molecule has 2 heterocycles. The Morgan fingerprint density at radius 3 is 2.56 bits per heavy atom. The fourth-order valence-corrected chi connectivity index (χ4v) is 4.23. The van der Waals surface area contributed by atoms with Gasteiger partial charge in [-0.25, -0.2) is 15.0 Å². The van der Waals surface area contributed by atoms with Crippen LogP contribution in [0.5, 0.6) is 5.75 Å². The molecule has 0 aliphatic heterocycles. The number of aliphatic hydroxyl groups is 1. The second-order valence-electron chi connectivity index (χ2n) is 10.7. The van der Waals surface area contributed by atoms with Gasteiger partial charge in [-0.2, -0.15) is 0 Å². The zero-order valence-electron chi connectivity index (χ0n) is 23.8. The zero-order valence-corrected chi connectivity index (χ0v) is 23.8. The van der Waals surface area contributed by atoms with E-state index in [-0.39, 0.29) is 29.0 Å². The molecule has 0 unspecified atom stereocenters. The Bertz CT molecular complexity index is 1430. The number of methoxy groups -OCH3 is 1. The highest BCUT2D eigenvalue weighted by molar-refractivity contribution is 6.22. The molecule has 10 nitrogen and oxygen atoms in total. The quantitative estimate of drug-likeness (QED) is 0.352. The van der Waals surface area contributed by atoms with Gasteiger partial charge in [-0.15, -0.1) is 0 Å². The highest BCUT2D eigenvalue weighted by Crippen LogP contribution is 2.27. The van der Waals surface area contributed by atoms with Gasteiger partial charge in [0, 0.05) is 36.3 Å². The first-order chi connectivity index (χ1) is 18.4. The van der Waals surface area contributed by atoms with Crippen LogP contribution in [-0.4, -0.2) is 50.1 Å². The average molecular weight is 534 g/mol. The van der Waals surface area contributed by atoms with E-state index >= 15 is 0 Å². The normalized spacial score (nSPS) is 13.4. The minimum atomic E-state index is -0.579. The number of nitrogen functional groups attached to an aromatic ring is 1. The molecule has 39 heavy (non-hydrogen) atoms. The van der Waals surface area contributed by atoms with Crippen molar-refractivity contribution >= 4 is 17.1 Å². The molecule has 1 atom stereocenters. The first-order valence-corrected chi connectivity index (χ1v) is 12.9. The summed E-state index contributed by atoms with van der Waals surface area (Å²) in [5.41, 5.74) is 16.1. The second kappa shape index (κ2) is 12.2. The third kappa shape index (κ3) is 7.29. The van der Waals surface area contributed by atoms with Crippen molar-refractivity contribution in [1.82, 2.24) is 19.5 Å². The van der Waals surface area contributed by atoms with Crippen molar-refractivity contribution in [2.45, 2.75) is 53.6 Å². The highest BCUT2D eigenvalue weighted by atomic mass is 16.5. The van der Waals surface area contributed by atoms with E-state index in [0.29, 0.717) is 46.1 Å². The molecule has 2 aromatic heterocycles. The predicted molar refractivity (Wildman–Crippen MR) is 157 cm³/mol. The smallest absolute Gasteiger partial charge is 0.276 e. The van der Waals surface area contributed by atoms with Crippen LogP contribution in [0.4, 0.5) is 5.82 Å². The molecule has 0 fully saturated rings. The Morgan fingerprint density at radius 1 is 1.23 bits per heavy atom. The first-order valence-electron chi connectivity index (χ1n) is 12.9. The highest BCUT2D eigenvalue weighted by Gasteiger charge is 2.19. The van der Waals surface area contributed by atoms with Gasteiger partial charge in [-0.1, -0.05) is 27.7 Å². The number of ether oxygens (including phenoxy) is 1. The fourth-order valence-electron chi connectivity index (χ4n) is 4.23. The lowest BCUT2D eigenvalue weighted by atomic mass is 9.89. The number of allylic oxidation sites excluding steroid dienone is 1. The summed E-state index contributed by atoms with van der Waals surface area (Å²) in [5.74, 6) is 0.794. The van der Waals surface area contributed by atoms with Crippen molar-refractivity contribution in [3.8, 4) is 28.4 Å². The monoisotopic (exact) mass is 533 g/mol. The minimum Gasteiger partial charge on any atom is -0.497 e. The number of hydrogen-bond acceptors (Lipinski definition) is 9. The number of hydrogen-bond donors (Lipinski definition) is 3. The van der Waals surface area contributed by atoms with Gasteiger partial charge >= 0.3 is 0 Å². The molecular weight excluding hydrogens is 494 g/mol. The van der Waals surface area contributed by atoms with E-state index in [1.165, 1.54) is 17.0 Å². The number of aryl methyl sites for hydroxylation is 2. The molecule has 0 saturated carbocycles. The Labute approximate surface area is 229 Å². The molecule has 5 N–H and O–H groups in total. The lowest BCUT2D eigenvalue weighted by Gasteiger charge is -2.21. The number of aliphatic hydroxyl groups excluding tert-OH is 1. The Kier molecular flexibility index (Phi) is 9.24. The topological polar surface area (TPSA) is 155 Å². The summed E-state index contributed by atoms with van der Waals surface area (Å²) >= 11 is 0. The summed E-state index contributed by atoms with van der Waals surface area (Å²) in [4.78, 5) is 31.3. The number of anilines is 1. The lowest BCUT2D eigenvalue weighted by Crippen LogP contribution is -2.21. The fraction of sp³-hybridized carbons (Fsp3) is 0.414. The summed E-state index contributed by atoms with van der Waals surface area (Å²) in [5, 5.41) is 10.4. The molecule has 10 heteroatoms. The van der Waals surface area contributed by atoms with Crippen LogP contribution in [0.15, 0.2) is 46.6 Å². The molecule has 1 aromatic carbocycles. The van der Waals surface area contributed by atoms with Crippen molar-refractivity contribution in [2.75, 3.05) is 19.4 Å². The van der Waals surface area contributed by atoms with Crippen LogP contribution in [0.1, 0.15) is 52.3 Å². The molecule has 0 amide bonds. The van der Waals surface area contributed by atoms with Gasteiger partial charge in [-0.05, 0) is 48.9 Å². The minimum absolute atomic E-state index is 0.0165. The van der Waals surface area contributed by atoms with Crippen molar-refractivity contribution in [2.24, 2.45) is 23.2 Å². The maximum absolute atomic E-state index is 13.1. The SMILES string of the molecule is CCc1cc(OC)cc(-c2nc(-c3nc(C(=CN)C(C)=NC[C@H](O)CC(C)(C)C)cnc3N)cn(C)c2=O)c1. The van der Waals surface area contributed by atoms with Gasteiger partial charge < -0.3 is 25.9 Å². The third-order valence-electron chi connectivity index (χ3n) is 6.22. The molecule has 0 spiro atoms. The molecule has 3 aromatic rings.